The average Bonchev–Trinajstić information content (AvgIpc) is 3.01. The van der Waals surface area contributed by atoms with Gasteiger partial charge in [-0.3, -0.25) is 9.59 Å². The SMILES string of the molecule is CCOC(OC)Oc1cc2ccc(-c3ccc(C(=O)N[C@@H](CCC(=O)O)C(=O)O)cc3)cc2cc1C12CC3CC(CC(C3)C1)C2. The molecule has 4 aliphatic rings. The van der Waals surface area contributed by atoms with E-state index in [1.54, 1.807) is 19.2 Å². The van der Waals surface area contributed by atoms with E-state index in [0.717, 1.165) is 45.4 Å². The lowest BCUT2D eigenvalue weighted by molar-refractivity contribution is -0.231. The van der Waals surface area contributed by atoms with Crippen LogP contribution in [0.15, 0.2) is 54.6 Å². The molecule has 4 saturated carbocycles. The fourth-order valence-corrected chi connectivity index (χ4v) is 8.38. The van der Waals surface area contributed by atoms with Crippen molar-refractivity contribution in [2.75, 3.05) is 13.7 Å². The van der Waals surface area contributed by atoms with Gasteiger partial charge in [0.25, 0.3) is 5.91 Å². The summed E-state index contributed by atoms with van der Waals surface area (Å²) in [6, 6.07) is 16.4. The van der Waals surface area contributed by atoms with Gasteiger partial charge in [-0.05, 0) is 127 Å². The van der Waals surface area contributed by atoms with E-state index in [0.29, 0.717) is 12.2 Å². The largest absolute Gasteiger partial charge is 0.481 e. The number of methoxy groups -OCH3 is 1. The van der Waals surface area contributed by atoms with Crippen molar-refractivity contribution in [1.29, 1.82) is 0 Å². The molecule has 3 aromatic rings. The topological polar surface area (TPSA) is 131 Å². The summed E-state index contributed by atoms with van der Waals surface area (Å²) in [7, 11) is 1.59. The van der Waals surface area contributed by atoms with Crippen molar-refractivity contribution in [3.63, 3.8) is 0 Å². The Labute approximate surface area is 262 Å². The van der Waals surface area contributed by atoms with Gasteiger partial charge in [0.05, 0.1) is 6.61 Å². The molecular weight excluding hydrogens is 574 g/mol. The zero-order valence-electron chi connectivity index (χ0n) is 25.8. The highest BCUT2D eigenvalue weighted by atomic mass is 16.8. The molecule has 4 aliphatic carbocycles. The van der Waals surface area contributed by atoms with E-state index >= 15 is 0 Å². The lowest BCUT2D eigenvalue weighted by Crippen LogP contribution is -2.48. The normalized spacial score (nSPS) is 24.7. The van der Waals surface area contributed by atoms with Crippen LogP contribution in [0.1, 0.15) is 74.2 Å². The van der Waals surface area contributed by atoms with Crippen LogP contribution in [-0.2, 0) is 24.5 Å². The Morgan fingerprint density at radius 1 is 0.889 bits per heavy atom. The first-order valence-electron chi connectivity index (χ1n) is 15.9. The quantitative estimate of drug-likeness (QED) is 0.189. The van der Waals surface area contributed by atoms with Crippen molar-refractivity contribution >= 4 is 28.6 Å². The van der Waals surface area contributed by atoms with Gasteiger partial charge < -0.3 is 29.7 Å². The molecule has 9 nitrogen and oxygen atoms in total. The van der Waals surface area contributed by atoms with Gasteiger partial charge in [-0.2, -0.15) is 0 Å². The molecule has 0 heterocycles. The van der Waals surface area contributed by atoms with Gasteiger partial charge in [0.2, 0.25) is 0 Å². The molecule has 7 rings (SSSR count). The minimum Gasteiger partial charge on any atom is -0.481 e. The van der Waals surface area contributed by atoms with E-state index in [1.165, 1.54) is 44.1 Å². The molecule has 238 valence electrons. The van der Waals surface area contributed by atoms with Gasteiger partial charge in [-0.25, -0.2) is 4.79 Å². The van der Waals surface area contributed by atoms with E-state index < -0.39 is 30.4 Å². The van der Waals surface area contributed by atoms with Gasteiger partial charge in [0.1, 0.15) is 11.8 Å². The van der Waals surface area contributed by atoms with Gasteiger partial charge in [0, 0.05) is 24.7 Å². The molecule has 3 aromatic carbocycles. The van der Waals surface area contributed by atoms with E-state index in [2.05, 4.69) is 29.6 Å². The molecule has 9 heteroatoms. The number of hydrogen-bond donors (Lipinski definition) is 3. The predicted molar refractivity (Wildman–Crippen MR) is 168 cm³/mol. The second-order valence-electron chi connectivity index (χ2n) is 13.1. The maximum absolute atomic E-state index is 12.7. The number of carbonyl (C=O) groups is 3. The van der Waals surface area contributed by atoms with E-state index in [1.807, 2.05) is 25.1 Å². The number of carboxylic acid groups (broad SMARTS) is 2. The molecule has 4 fully saturated rings. The summed E-state index contributed by atoms with van der Waals surface area (Å²) in [6.45, 7) is 1.62. The van der Waals surface area contributed by atoms with Crippen LogP contribution in [0.25, 0.3) is 21.9 Å². The van der Waals surface area contributed by atoms with Crippen molar-refractivity contribution in [2.45, 2.75) is 76.2 Å². The monoisotopic (exact) mass is 615 g/mol. The van der Waals surface area contributed by atoms with Crippen LogP contribution in [0, 0.1) is 17.8 Å². The highest BCUT2D eigenvalue weighted by molar-refractivity contribution is 5.97. The number of carboxylic acids is 2. The summed E-state index contributed by atoms with van der Waals surface area (Å²) < 4.78 is 17.6. The zero-order valence-corrected chi connectivity index (χ0v) is 25.8. The minimum atomic E-state index is -1.28. The van der Waals surface area contributed by atoms with Crippen LogP contribution in [0.3, 0.4) is 0 Å². The standard InChI is InChI=1S/C36H41NO8/c1-3-44-35(43-2)45-31-17-27-9-8-26(15-28(27)16-29(31)36-18-21-12-22(19-36)14-23(13-21)20-36)24-4-6-25(7-5-24)33(40)37-30(34(41)42)10-11-32(38)39/h4-9,15-17,21-23,30,35H,3,10-14,18-20H2,1-2H3,(H,37,40)(H,38,39)(H,41,42)/t21?,22?,23?,30-,35?,36?/m0/s1. The van der Waals surface area contributed by atoms with Crippen LogP contribution >= 0.6 is 0 Å². The number of benzene rings is 3. The van der Waals surface area contributed by atoms with Crippen molar-refractivity contribution in [3.8, 4) is 16.9 Å². The molecular formula is C36H41NO8. The molecule has 0 spiro atoms. The van der Waals surface area contributed by atoms with Crippen molar-refractivity contribution in [3.05, 3.63) is 65.7 Å². The molecule has 0 aliphatic heterocycles. The van der Waals surface area contributed by atoms with E-state index in [-0.39, 0.29) is 18.3 Å². The minimum absolute atomic E-state index is 0.0894. The van der Waals surface area contributed by atoms with Crippen LogP contribution in [0.2, 0.25) is 0 Å². The van der Waals surface area contributed by atoms with Gasteiger partial charge in [-0.15, -0.1) is 0 Å². The number of carbonyl (C=O) groups excluding carboxylic acids is 1. The molecule has 0 radical (unpaired) electrons. The Morgan fingerprint density at radius 2 is 1.53 bits per heavy atom. The Bertz CT molecular complexity index is 1550. The maximum Gasteiger partial charge on any atom is 0.326 e. The first kappa shape index (κ1) is 31.0. The first-order chi connectivity index (χ1) is 21.7. The Kier molecular flexibility index (Phi) is 8.84. The predicted octanol–water partition coefficient (Wildman–Crippen LogP) is 6.37. The van der Waals surface area contributed by atoms with Gasteiger partial charge in [0.15, 0.2) is 0 Å². The summed E-state index contributed by atoms with van der Waals surface area (Å²) in [5.74, 6) is 0.200. The fraction of sp³-hybridized carbons (Fsp3) is 0.472. The fourth-order valence-electron chi connectivity index (χ4n) is 8.38. The van der Waals surface area contributed by atoms with Crippen molar-refractivity contribution in [2.24, 2.45) is 17.8 Å². The lowest BCUT2D eigenvalue weighted by Gasteiger charge is -2.57. The first-order valence-corrected chi connectivity index (χ1v) is 15.9. The molecule has 3 N–H and O–H groups in total. The Balaban J connectivity index is 1.29. The van der Waals surface area contributed by atoms with Crippen molar-refractivity contribution in [1.82, 2.24) is 5.32 Å². The average molecular weight is 616 g/mol. The number of nitrogens with one attached hydrogen (secondary N) is 1. The highest BCUT2D eigenvalue weighted by Gasteiger charge is 2.52. The van der Waals surface area contributed by atoms with E-state index in [4.69, 9.17) is 19.3 Å². The van der Waals surface area contributed by atoms with Crippen LogP contribution in [-0.4, -0.2) is 54.3 Å². The molecule has 1 unspecified atom stereocenters. The number of ether oxygens (including phenoxy) is 3. The third-order valence-electron chi connectivity index (χ3n) is 10.00. The summed E-state index contributed by atoms with van der Waals surface area (Å²) >= 11 is 0. The van der Waals surface area contributed by atoms with Gasteiger partial charge >= 0.3 is 18.4 Å². The van der Waals surface area contributed by atoms with Crippen LogP contribution in [0.4, 0.5) is 0 Å². The molecule has 2 atom stereocenters. The molecule has 1 amide bonds. The maximum atomic E-state index is 12.7. The van der Waals surface area contributed by atoms with Crippen LogP contribution < -0.4 is 10.1 Å². The van der Waals surface area contributed by atoms with Crippen molar-refractivity contribution < 1.29 is 38.8 Å². The summed E-state index contributed by atoms with van der Waals surface area (Å²) in [6.07, 6.45) is 7.07. The third kappa shape index (κ3) is 6.56. The number of fused-ring (bicyclic) bond motifs is 1. The highest BCUT2D eigenvalue weighted by Crippen LogP contribution is 2.62. The summed E-state index contributed by atoms with van der Waals surface area (Å²) in [4.78, 5) is 35.1. The smallest absolute Gasteiger partial charge is 0.326 e. The summed E-state index contributed by atoms with van der Waals surface area (Å²) in [5, 5.41) is 22.9. The molecule has 0 saturated heterocycles. The molecule has 45 heavy (non-hydrogen) atoms. The zero-order chi connectivity index (χ0) is 31.7. The number of amides is 1. The number of hydrogen-bond acceptors (Lipinski definition) is 6. The lowest BCUT2D eigenvalue weighted by atomic mass is 9.48. The second kappa shape index (κ2) is 12.8. The number of aliphatic carboxylic acids is 2. The summed E-state index contributed by atoms with van der Waals surface area (Å²) in [5.41, 5.74) is 3.55. The van der Waals surface area contributed by atoms with Crippen LogP contribution in [0.5, 0.6) is 5.75 Å². The molecule has 4 bridgehead atoms. The third-order valence-corrected chi connectivity index (χ3v) is 10.00. The Hall–Kier alpha value is -3.95. The van der Waals surface area contributed by atoms with Gasteiger partial charge in [-0.1, -0.05) is 24.3 Å². The Morgan fingerprint density at radius 3 is 2.11 bits per heavy atom. The number of rotatable bonds is 13. The second-order valence-corrected chi connectivity index (χ2v) is 13.1. The van der Waals surface area contributed by atoms with E-state index in [9.17, 15) is 19.5 Å². The molecule has 0 aromatic heterocycles.